The van der Waals surface area contributed by atoms with Crippen LogP contribution >= 0.6 is 0 Å². The number of Topliss-reactive ketones (excluding diaryl/α,β-unsaturated/α-hetero) is 1. The third kappa shape index (κ3) is 3.98. The average molecular weight is 388 g/mol. The minimum Gasteiger partial charge on any atom is -0.464 e. The van der Waals surface area contributed by atoms with Crippen LogP contribution in [0.4, 0.5) is 4.39 Å². The van der Waals surface area contributed by atoms with E-state index in [1.807, 2.05) is 6.92 Å². The number of nitrogens with zero attached hydrogens (tertiary/aromatic N) is 2. The molecule has 0 fully saturated rings. The fraction of sp³-hybridized carbons (Fsp3) is 0.381. The van der Waals surface area contributed by atoms with Crippen LogP contribution in [0.3, 0.4) is 0 Å². The van der Waals surface area contributed by atoms with Crippen LogP contribution in [-0.2, 0) is 11.3 Å². The Bertz CT molecular complexity index is 917. The van der Waals surface area contributed by atoms with Crippen LogP contribution in [0.25, 0.3) is 0 Å². The highest BCUT2D eigenvalue weighted by atomic mass is 19.1. The van der Waals surface area contributed by atoms with Crippen LogP contribution in [0.15, 0.2) is 24.3 Å². The van der Waals surface area contributed by atoms with Crippen molar-refractivity contribution >= 4 is 17.7 Å². The molecule has 0 aliphatic heterocycles. The zero-order valence-corrected chi connectivity index (χ0v) is 16.8. The molecule has 0 radical (unpaired) electrons. The Labute approximate surface area is 163 Å². The van der Waals surface area contributed by atoms with Crippen molar-refractivity contribution in [3.63, 3.8) is 0 Å². The minimum absolute atomic E-state index is 0.165. The lowest BCUT2D eigenvalue weighted by molar-refractivity contribution is 0.0587. The first-order valence-corrected chi connectivity index (χ1v) is 9.12. The predicted octanol–water partition coefficient (Wildman–Crippen LogP) is 3.40. The molecule has 7 heteroatoms. The Kier molecular flexibility index (Phi) is 6.72. The van der Waals surface area contributed by atoms with Gasteiger partial charge >= 0.3 is 5.97 Å². The topological polar surface area (TPSA) is 68.6 Å². The molecule has 1 aromatic carbocycles. The lowest BCUT2D eigenvalue weighted by atomic mass is 10.0. The van der Waals surface area contributed by atoms with E-state index in [1.165, 1.54) is 30.2 Å². The maximum Gasteiger partial charge on any atom is 0.354 e. The van der Waals surface area contributed by atoms with Gasteiger partial charge in [0.2, 0.25) is 0 Å². The van der Waals surface area contributed by atoms with Crippen molar-refractivity contribution in [1.29, 1.82) is 0 Å². The molecule has 0 aliphatic carbocycles. The largest absolute Gasteiger partial charge is 0.464 e. The number of carbonyl (C=O) groups is 3. The van der Waals surface area contributed by atoms with E-state index < -0.39 is 17.7 Å². The third-order valence-electron chi connectivity index (χ3n) is 4.82. The van der Waals surface area contributed by atoms with Crippen LogP contribution in [0.5, 0.6) is 0 Å². The fourth-order valence-electron chi connectivity index (χ4n) is 3.44. The summed E-state index contributed by atoms with van der Waals surface area (Å²) in [6.07, 6.45) is 0. The summed E-state index contributed by atoms with van der Waals surface area (Å²) in [6, 6.07) is 5.37. The van der Waals surface area contributed by atoms with Gasteiger partial charge in [-0.05, 0) is 51.5 Å². The number of methoxy groups -OCH3 is 1. The Hall–Kier alpha value is -2.96. The van der Waals surface area contributed by atoms with Gasteiger partial charge in [-0.2, -0.15) is 0 Å². The number of amides is 1. The van der Waals surface area contributed by atoms with Crippen molar-refractivity contribution < 1.29 is 23.5 Å². The summed E-state index contributed by atoms with van der Waals surface area (Å²) in [7, 11) is 1.29. The number of carbonyl (C=O) groups excluding carboxylic acids is 3. The normalized spacial score (nSPS) is 10.6. The molecule has 1 aromatic heterocycles. The molecule has 1 amide bonds. The van der Waals surface area contributed by atoms with Crippen molar-refractivity contribution in [2.45, 2.75) is 34.2 Å². The van der Waals surface area contributed by atoms with Crippen molar-refractivity contribution in [3.8, 4) is 0 Å². The molecule has 28 heavy (non-hydrogen) atoms. The predicted molar refractivity (Wildman–Crippen MR) is 103 cm³/mol. The number of ketones is 1. The summed E-state index contributed by atoms with van der Waals surface area (Å²) in [5.74, 6) is -1.72. The molecule has 0 unspecified atom stereocenters. The van der Waals surface area contributed by atoms with Gasteiger partial charge in [-0.25, -0.2) is 9.18 Å². The van der Waals surface area contributed by atoms with E-state index in [9.17, 15) is 18.8 Å². The first kappa shape index (κ1) is 21.3. The molecule has 0 N–H and O–H groups in total. The second-order valence-electron chi connectivity index (χ2n) is 6.42. The SMILES string of the molecule is CCN(CC(=O)c1c(C)c(C(=O)OC)n(CC)c1C)C(=O)c1cccc(F)c1. The Balaban J connectivity index is 2.36. The van der Waals surface area contributed by atoms with Gasteiger partial charge in [-0.1, -0.05) is 6.07 Å². The Morgan fingerprint density at radius 3 is 2.39 bits per heavy atom. The van der Waals surface area contributed by atoms with E-state index in [2.05, 4.69) is 0 Å². The Morgan fingerprint density at radius 2 is 1.86 bits per heavy atom. The molecule has 2 rings (SSSR count). The summed E-state index contributed by atoms with van der Waals surface area (Å²) < 4.78 is 20.0. The molecule has 150 valence electrons. The van der Waals surface area contributed by atoms with E-state index in [0.29, 0.717) is 29.1 Å². The van der Waals surface area contributed by atoms with Crippen molar-refractivity contribution in [2.24, 2.45) is 0 Å². The van der Waals surface area contributed by atoms with Crippen LogP contribution < -0.4 is 0 Å². The van der Waals surface area contributed by atoms with Crippen molar-refractivity contribution in [1.82, 2.24) is 9.47 Å². The number of hydrogen-bond acceptors (Lipinski definition) is 4. The van der Waals surface area contributed by atoms with Crippen molar-refractivity contribution in [2.75, 3.05) is 20.2 Å². The first-order valence-electron chi connectivity index (χ1n) is 9.12. The van der Waals surface area contributed by atoms with Gasteiger partial charge in [0.25, 0.3) is 5.91 Å². The molecule has 6 nitrogen and oxygen atoms in total. The van der Waals surface area contributed by atoms with Gasteiger partial charge in [0.15, 0.2) is 5.78 Å². The number of rotatable bonds is 7. The molecular formula is C21H25FN2O4. The monoisotopic (exact) mass is 388 g/mol. The number of likely N-dealkylation sites (N-methyl/N-ethyl adjacent to an activating group) is 1. The second-order valence-corrected chi connectivity index (χ2v) is 6.42. The highest BCUT2D eigenvalue weighted by molar-refractivity contribution is 6.06. The van der Waals surface area contributed by atoms with Gasteiger partial charge in [0.1, 0.15) is 11.5 Å². The highest BCUT2D eigenvalue weighted by Gasteiger charge is 2.28. The van der Waals surface area contributed by atoms with E-state index in [4.69, 9.17) is 4.74 Å². The molecule has 1 heterocycles. The van der Waals surface area contributed by atoms with Crippen LogP contribution in [-0.4, -0.2) is 47.3 Å². The highest BCUT2D eigenvalue weighted by Crippen LogP contribution is 2.24. The van der Waals surface area contributed by atoms with Gasteiger partial charge in [-0.15, -0.1) is 0 Å². The average Bonchev–Trinajstić information content (AvgIpc) is 2.94. The molecule has 2 aromatic rings. The number of benzene rings is 1. The smallest absolute Gasteiger partial charge is 0.354 e. The molecule has 0 spiro atoms. The summed E-state index contributed by atoms with van der Waals surface area (Å²) >= 11 is 0. The lowest BCUT2D eigenvalue weighted by Gasteiger charge is -2.20. The minimum atomic E-state index is -0.511. The second kappa shape index (κ2) is 8.82. The Morgan fingerprint density at radius 1 is 1.18 bits per heavy atom. The zero-order chi connectivity index (χ0) is 21.0. The van der Waals surface area contributed by atoms with Gasteiger partial charge in [0.05, 0.1) is 13.7 Å². The summed E-state index contributed by atoms with van der Waals surface area (Å²) in [6.45, 7) is 7.72. The van der Waals surface area contributed by atoms with E-state index in [1.54, 1.807) is 25.3 Å². The maximum absolute atomic E-state index is 13.4. The fourth-order valence-corrected chi connectivity index (χ4v) is 3.44. The van der Waals surface area contributed by atoms with Gasteiger partial charge < -0.3 is 14.2 Å². The molecule has 0 saturated heterocycles. The number of esters is 1. The van der Waals surface area contributed by atoms with Crippen LogP contribution in [0, 0.1) is 19.7 Å². The van der Waals surface area contributed by atoms with Crippen LogP contribution in [0.1, 0.15) is 56.3 Å². The molecule has 0 bridgehead atoms. The quantitative estimate of drug-likeness (QED) is 0.539. The number of aromatic nitrogens is 1. The summed E-state index contributed by atoms with van der Waals surface area (Å²) in [5, 5.41) is 0. The molecule has 0 aliphatic rings. The number of ether oxygens (including phenoxy) is 1. The third-order valence-corrected chi connectivity index (χ3v) is 4.82. The van der Waals surface area contributed by atoms with Gasteiger partial charge in [0, 0.05) is 29.9 Å². The molecule has 0 atom stereocenters. The standard InChI is InChI=1S/C21H25FN2O4/c1-6-23(20(26)15-9-8-10-16(22)11-15)12-17(25)18-13(3)19(21(27)28-5)24(7-2)14(18)4/h8-11H,6-7,12H2,1-5H3. The van der Waals surface area contributed by atoms with E-state index in [-0.39, 0.29) is 24.4 Å². The van der Waals surface area contributed by atoms with Crippen LogP contribution in [0.2, 0.25) is 0 Å². The van der Waals surface area contributed by atoms with Gasteiger partial charge in [-0.3, -0.25) is 9.59 Å². The molecular weight excluding hydrogens is 363 g/mol. The lowest BCUT2D eigenvalue weighted by Crippen LogP contribution is -2.36. The maximum atomic E-state index is 13.4. The molecule has 0 saturated carbocycles. The summed E-state index contributed by atoms with van der Waals surface area (Å²) in [4.78, 5) is 39.2. The zero-order valence-electron chi connectivity index (χ0n) is 16.8. The number of hydrogen-bond donors (Lipinski definition) is 0. The van der Waals surface area contributed by atoms with Crippen molar-refractivity contribution in [3.05, 3.63) is 58.2 Å². The summed E-state index contributed by atoms with van der Waals surface area (Å²) in [5.41, 5.74) is 2.12. The van der Waals surface area contributed by atoms with E-state index >= 15 is 0 Å². The number of halogens is 1. The first-order chi connectivity index (χ1) is 13.3. The van der Waals surface area contributed by atoms with E-state index in [0.717, 1.165) is 6.07 Å².